The van der Waals surface area contributed by atoms with Crippen LogP contribution in [0.4, 0.5) is 10.1 Å². The molecule has 1 aromatic carbocycles. The molecule has 0 fully saturated rings. The molecule has 0 unspecified atom stereocenters. The fourth-order valence-corrected chi connectivity index (χ4v) is 1.72. The van der Waals surface area contributed by atoms with Crippen LogP contribution in [0.5, 0.6) is 0 Å². The Bertz CT molecular complexity index is 584. The first-order valence-electron chi connectivity index (χ1n) is 5.25. The van der Waals surface area contributed by atoms with Crippen molar-refractivity contribution in [2.75, 3.05) is 5.32 Å². The molecule has 0 saturated carbocycles. The number of nitrogens with one attached hydrogen (secondary N) is 1. The van der Waals surface area contributed by atoms with Crippen molar-refractivity contribution in [2.45, 2.75) is 6.92 Å². The zero-order chi connectivity index (χ0) is 13.1. The molecule has 0 saturated heterocycles. The summed E-state index contributed by atoms with van der Waals surface area (Å²) in [6.45, 7) is 1.79. The third-order valence-corrected chi connectivity index (χ3v) is 2.65. The van der Waals surface area contributed by atoms with Crippen LogP contribution in [0.1, 0.15) is 16.1 Å². The van der Waals surface area contributed by atoms with Crippen LogP contribution in [0.3, 0.4) is 0 Å². The van der Waals surface area contributed by atoms with Crippen molar-refractivity contribution in [3.8, 4) is 0 Å². The van der Waals surface area contributed by atoms with Crippen LogP contribution in [-0.2, 0) is 0 Å². The Labute approximate surface area is 109 Å². The van der Waals surface area contributed by atoms with Crippen LogP contribution in [-0.4, -0.2) is 10.9 Å². The van der Waals surface area contributed by atoms with Crippen molar-refractivity contribution in [3.63, 3.8) is 0 Å². The maximum atomic E-state index is 12.7. The number of carbonyl (C=O) groups excluding carboxylic acids is 1. The van der Waals surface area contributed by atoms with Crippen LogP contribution in [0, 0.1) is 12.7 Å². The van der Waals surface area contributed by atoms with Crippen LogP contribution >= 0.6 is 11.6 Å². The number of pyridine rings is 1. The molecule has 1 N–H and O–H groups in total. The first-order valence-corrected chi connectivity index (χ1v) is 5.63. The second kappa shape index (κ2) is 5.14. The van der Waals surface area contributed by atoms with Gasteiger partial charge in [-0.15, -0.1) is 0 Å². The smallest absolute Gasteiger partial charge is 0.258 e. The first kappa shape index (κ1) is 12.5. The van der Waals surface area contributed by atoms with Gasteiger partial charge < -0.3 is 5.32 Å². The highest BCUT2D eigenvalue weighted by Gasteiger charge is 2.11. The number of anilines is 1. The number of hydrogen-bond donors (Lipinski definition) is 1. The molecule has 0 spiro atoms. The van der Waals surface area contributed by atoms with Gasteiger partial charge in [0.2, 0.25) is 0 Å². The second-order valence-corrected chi connectivity index (χ2v) is 4.17. The van der Waals surface area contributed by atoms with Gasteiger partial charge in [-0.05, 0) is 37.3 Å². The highest BCUT2D eigenvalue weighted by molar-refractivity contribution is 6.34. The lowest BCUT2D eigenvalue weighted by molar-refractivity contribution is 0.102. The van der Waals surface area contributed by atoms with E-state index in [9.17, 15) is 9.18 Å². The number of rotatable bonds is 2. The number of aryl methyl sites for hydroxylation is 1. The summed E-state index contributed by atoms with van der Waals surface area (Å²) in [4.78, 5) is 15.9. The van der Waals surface area contributed by atoms with E-state index in [2.05, 4.69) is 10.3 Å². The van der Waals surface area contributed by atoms with Crippen LogP contribution in [0.25, 0.3) is 0 Å². The fraction of sp³-hybridized carbons (Fsp3) is 0.0769. The lowest BCUT2D eigenvalue weighted by Crippen LogP contribution is -2.13. The monoisotopic (exact) mass is 264 g/mol. The van der Waals surface area contributed by atoms with Gasteiger partial charge in [-0.25, -0.2) is 4.39 Å². The highest BCUT2D eigenvalue weighted by atomic mass is 35.5. The average Bonchev–Trinajstić information content (AvgIpc) is 2.32. The number of carbonyl (C=O) groups is 1. The van der Waals surface area contributed by atoms with Crippen molar-refractivity contribution >= 4 is 23.2 Å². The van der Waals surface area contributed by atoms with Gasteiger partial charge in [0.25, 0.3) is 5.91 Å². The number of hydrogen-bond acceptors (Lipinski definition) is 2. The maximum Gasteiger partial charge on any atom is 0.258 e. The number of aromatic nitrogens is 1. The van der Waals surface area contributed by atoms with E-state index >= 15 is 0 Å². The Balaban J connectivity index is 2.19. The molecule has 1 heterocycles. The predicted molar refractivity (Wildman–Crippen MR) is 68.3 cm³/mol. The molecule has 0 atom stereocenters. The molecular formula is C13H10ClFN2O. The van der Waals surface area contributed by atoms with Crippen molar-refractivity contribution < 1.29 is 9.18 Å². The van der Waals surface area contributed by atoms with Gasteiger partial charge in [0, 0.05) is 17.6 Å². The largest absolute Gasteiger partial charge is 0.322 e. The summed E-state index contributed by atoms with van der Waals surface area (Å²) in [7, 11) is 0. The minimum atomic E-state index is -0.376. The third kappa shape index (κ3) is 2.84. The topological polar surface area (TPSA) is 42.0 Å². The lowest BCUT2D eigenvalue weighted by Gasteiger charge is -2.06. The van der Waals surface area contributed by atoms with Crippen molar-refractivity contribution in [1.29, 1.82) is 0 Å². The van der Waals surface area contributed by atoms with E-state index < -0.39 is 0 Å². The number of benzene rings is 1. The molecule has 1 amide bonds. The van der Waals surface area contributed by atoms with Gasteiger partial charge in [-0.3, -0.25) is 9.78 Å². The molecule has 18 heavy (non-hydrogen) atoms. The van der Waals surface area contributed by atoms with Crippen LogP contribution in [0.2, 0.25) is 5.02 Å². The van der Waals surface area contributed by atoms with E-state index in [0.29, 0.717) is 10.7 Å². The molecule has 3 nitrogen and oxygen atoms in total. The lowest BCUT2D eigenvalue weighted by atomic mass is 10.2. The number of nitrogens with zero attached hydrogens (tertiary/aromatic N) is 1. The van der Waals surface area contributed by atoms with Crippen LogP contribution in [0.15, 0.2) is 36.5 Å². The van der Waals surface area contributed by atoms with Crippen molar-refractivity contribution in [3.05, 3.63) is 58.6 Å². The maximum absolute atomic E-state index is 12.7. The third-order valence-electron chi connectivity index (χ3n) is 2.34. The normalized spacial score (nSPS) is 10.2. The van der Waals surface area contributed by atoms with E-state index in [1.54, 1.807) is 13.0 Å². The minimum Gasteiger partial charge on any atom is -0.322 e. The Kier molecular flexibility index (Phi) is 3.58. The molecule has 0 aliphatic heterocycles. The van der Waals surface area contributed by atoms with Gasteiger partial charge in [0.1, 0.15) is 5.82 Å². The van der Waals surface area contributed by atoms with Crippen molar-refractivity contribution in [1.82, 2.24) is 4.98 Å². The summed E-state index contributed by atoms with van der Waals surface area (Å²) in [5.41, 5.74) is 1.52. The summed E-state index contributed by atoms with van der Waals surface area (Å²) >= 11 is 5.96. The van der Waals surface area contributed by atoms with Crippen LogP contribution < -0.4 is 5.32 Å². The Morgan fingerprint density at radius 2 is 2.00 bits per heavy atom. The number of halogens is 2. The molecule has 2 aromatic rings. The van der Waals surface area contributed by atoms with E-state index in [4.69, 9.17) is 11.6 Å². The Morgan fingerprint density at radius 3 is 2.61 bits per heavy atom. The molecule has 5 heteroatoms. The molecule has 1 aromatic heterocycles. The SMILES string of the molecule is Cc1cc(Cl)c(C(=O)Nc2ccc(F)cc2)cn1. The van der Waals surface area contributed by atoms with Crippen molar-refractivity contribution in [2.24, 2.45) is 0 Å². The Morgan fingerprint density at radius 1 is 1.33 bits per heavy atom. The highest BCUT2D eigenvalue weighted by Crippen LogP contribution is 2.17. The quantitative estimate of drug-likeness (QED) is 0.903. The van der Waals surface area contributed by atoms with Gasteiger partial charge in [0.05, 0.1) is 10.6 Å². The molecule has 0 aliphatic rings. The first-order chi connectivity index (χ1) is 8.56. The molecule has 0 aliphatic carbocycles. The summed E-state index contributed by atoms with van der Waals surface area (Å²) < 4.78 is 12.7. The van der Waals surface area contributed by atoms with E-state index in [1.165, 1.54) is 30.5 Å². The second-order valence-electron chi connectivity index (χ2n) is 3.77. The van der Waals surface area contributed by atoms with E-state index in [1.807, 2.05) is 0 Å². The predicted octanol–water partition coefficient (Wildman–Crippen LogP) is 3.43. The Hall–Kier alpha value is -1.94. The summed E-state index contributed by atoms with van der Waals surface area (Å²) in [6, 6.07) is 7.10. The molecule has 0 radical (unpaired) electrons. The van der Waals surface area contributed by atoms with Gasteiger partial charge in [0.15, 0.2) is 0 Å². The van der Waals surface area contributed by atoms with E-state index in [0.717, 1.165) is 5.69 Å². The molecule has 0 bridgehead atoms. The van der Waals surface area contributed by atoms with Gasteiger partial charge in [-0.2, -0.15) is 0 Å². The summed E-state index contributed by atoms with van der Waals surface area (Å²) in [5.74, 6) is -0.734. The zero-order valence-corrected chi connectivity index (χ0v) is 10.3. The fourth-order valence-electron chi connectivity index (χ4n) is 1.43. The summed E-state index contributed by atoms with van der Waals surface area (Å²) in [6.07, 6.45) is 1.41. The van der Waals surface area contributed by atoms with E-state index in [-0.39, 0.29) is 17.3 Å². The summed E-state index contributed by atoms with van der Waals surface area (Å²) in [5, 5.41) is 2.95. The molecular weight excluding hydrogens is 255 g/mol. The standard InChI is InChI=1S/C13H10ClFN2O/c1-8-6-12(14)11(7-16-8)13(18)17-10-4-2-9(15)3-5-10/h2-7H,1H3,(H,17,18). The number of amides is 1. The average molecular weight is 265 g/mol. The minimum absolute atomic E-state index is 0.284. The van der Waals surface area contributed by atoms with Gasteiger partial charge >= 0.3 is 0 Å². The van der Waals surface area contributed by atoms with Gasteiger partial charge in [-0.1, -0.05) is 11.6 Å². The zero-order valence-electron chi connectivity index (χ0n) is 9.58. The molecule has 2 rings (SSSR count). The molecule has 92 valence electrons.